The van der Waals surface area contributed by atoms with Gasteiger partial charge in [0, 0.05) is 12.0 Å². The van der Waals surface area contributed by atoms with Gasteiger partial charge in [0.15, 0.2) is 11.6 Å². The van der Waals surface area contributed by atoms with Gasteiger partial charge in [0.2, 0.25) is 7.59 Å². The standard InChI is InChI=1S/C13H9Cl6N3O/c1-23-8-5-3-2-4-7(8)6-9-20-10(12(14,15)16)22-11(21-9)13(17,18)19/h2-5H,6H2,1H3. The Labute approximate surface area is 163 Å². The van der Waals surface area contributed by atoms with Crippen LogP contribution in [-0.4, -0.2) is 22.1 Å². The second-order valence-corrected chi connectivity index (χ2v) is 8.95. The van der Waals surface area contributed by atoms with Gasteiger partial charge >= 0.3 is 0 Å². The zero-order valence-electron chi connectivity index (χ0n) is 11.5. The zero-order chi connectivity index (χ0) is 17.3. The van der Waals surface area contributed by atoms with Crippen LogP contribution in [0.2, 0.25) is 0 Å². The predicted octanol–water partition coefficient (Wildman–Crippen LogP) is 5.12. The van der Waals surface area contributed by atoms with Gasteiger partial charge < -0.3 is 4.74 Å². The van der Waals surface area contributed by atoms with Gasteiger partial charge in [0.1, 0.15) is 11.6 Å². The van der Waals surface area contributed by atoms with Gasteiger partial charge in [0.05, 0.1) is 7.11 Å². The molecule has 0 N–H and O–H groups in total. The molecule has 2 aromatic rings. The summed E-state index contributed by atoms with van der Waals surface area (Å²) in [4.78, 5) is 12.2. The van der Waals surface area contributed by atoms with E-state index in [0.29, 0.717) is 5.75 Å². The van der Waals surface area contributed by atoms with Crippen LogP contribution >= 0.6 is 69.6 Å². The summed E-state index contributed by atoms with van der Waals surface area (Å²) in [6, 6.07) is 7.36. The molecule has 0 aliphatic heterocycles. The van der Waals surface area contributed by atoms with Crippen molar-refractivity contribution in [2.75, 3.05) is 7.11 Å². The lowest BCUT2D eigenvalue weighted by atomic mass is 10.1. The summed E-state index contributed by atoms with van der Waals surface area (Å²) in [7, 11) is 1.56. The number of rotatable bonds is 3. The minimum atomic E-state index is -1.87. The number of halogens is 6. The largest absolute Gasteiger partial charge is 0.496 e. The number of aromatic nitrogens is 3. The molecule has 0 amide bonds. The third-order valence-electron chi connectivity index (χ3n) is 2.73. The fourth-order valence-corrected chi connectivity index (χ4v) is 2.28. The highest BCUT2D eigenvalue weighted by molar-refractivity contribution is 6.67. The van der Waals surface area contributed by atoms with Gasteiger partial charge in [-0.15, -0.1) is 0 Å². The predicted molar refractivity (Wildman–Crippen MR) is 94.1 cm³/mol. The van der Waals surface area contributed by atoms with Crippen molar-refractivity contribution in [3.63, 3.8) is 0 Å². The van der Waals surface area contributed by atoms with Gasteiger partial charge in [-0.2, -0.15) is 0 Å². The summed E-state index contributed by atoms with van der Waals surface area (Å²) < 4.78 is 1.54. The highest BCUT2D eigenvalue weighted by atomic mass is 35.6. The molecular weight excluding hydrogens is 427 g/mol. The quantitative estimate of drug-likeness (QED) is 0.627. The van der Waals surface area contributed by atoms with Crippen LogP contribution in [0.5, 0.6) is 5.75 Å². The van der Waals surface area contributed by atoms with Crippen molar-refractivity contribution in [1.82, 2.24) is 15.0 Å². The van der Waals surface area contributed by atoms with E-state index in [9.17, 15) is 0 Å². The maximum absolute atomic E-state index is 5.84. The van der Waals surface area contributed by atoms with E-state index in [-0.39, 0.29) is 23.9 Å². The Bertz CT molecular complexity index is 667. The number of para-hydroxylation sites is 1. The van der Waals surface area contributed by atoms with E-state index >= 15 is 0 Å². The Kier molecular flexibility index (Phi) is 6.10. The van der Waals surface area contributed by atoms with Gasteiger partial charge in [0.25, 0.3) is 0 Å². The van der Waals surface area contributed by atoms with E-state index in [1.165, 1.54) is 0 Å². The molecule has 0 aliphatic rings. The van der Waals surface area contributed by atoms with E-state index < -0.39 is 7.59 Å². The van der Waals surface area contributed by atoms with E-state index in [1.54, 1.807) is 7.11 Å². The molecule has 1 heterocycles. The van der Waals surface area contributed by atoms with Crippen molar-refractivity contribution in [2.24, 2.45) is 0 Å². The topological polar surface area (TPSA) is 47.9 Å². The van der Waals surface area contributed by atoms with E-state index in [2.05, 4.69) is 15.0 Å². The fourth-order valence-electron chi connectivity index (χ4n) is 1.77. The molecular formula is C13H9Cl6N3O. The van der Waals surface area contributed by atoms with Crippen LogP contribution in [0.3, 0.4) is 0 Å². The minimum Gasteiger partial charge on any atom is -0.496 e. The molecule has 0 saturated heterocycles. The van der Waals surface area contributed by atoms with Crippen LogP contribution in [-0.2, 0) is 14.0 Å². The van der Waals surface area contributed by atoms with Crippen LogP contribution in [0, 0.1) is 0 Å². The molecule has 0 spiro atoms. The lowest BCUT2D eigenvalue weighted by Gasteiger charge is -2.16. The first kappa shape index (κ1) is 19.1. The number of methoxy groups -OCH3 is 1. The number of alkyl halides is 6. The van der Waals surface area contributed by atoms with Gasteiger partial charge in [-0.1, -0.05) is 87.8 Å². The van der Waals surface area contributed by atoms with Crippen LogP contribution in [0.1, 0.15) is 23.0 Å². The highest BCUT2D eigenvalue weighted by Gasteiger charge is 2.33. The van der Waals surface area contributed by atoms with Crippen molar-refractivity contribution in [3.8, 4) is 5.75 Å². The second kappa shape index (κ2) is 7.34. The zero-order valence-corrected chi connectivity index (χ0v) is 16.1. The van der Waals surface area contributed by atoms with Crippen molar-refractivity contribution in [1.29, 1.82) is 0 Å². The van der Waals surface area contributed by atoms with Crippen molar-refractivity contribution >= 4 is 69.6 Å². The van der Waals surface area contributed by atoms with Crippen molar-refractivity contribution in [2.45, 2.75) is 14.0 Å². The molecule has 23 heavy (non-hydrogen) atoms. The van der Waals surface area contributed by atoms with Gasteiger partial charge in [-0.05, 0) is 6.07 Å². The smallest absolute Gasteiger partial charge is 0.250 e. The molecule has 0 unspecified atom stereocenters. The number of hydrogen-bond acceptors (Lipinski definition) is 4. The molecule has 1 aromatic heterocycles. The van der Waals surface area contributed by atoms with Crippen LogP contribution < -0.4 is 4.74 Å². The normalized spacial score (nSPS) is 12.3. The third kappa shape index (κ3) is 5.12. The Morgan fingerprint density at radius 1 is 0.870 bits per heavy atom. The highest BCUT2D eigenvalue weighted by Crippen LogP contribution is 2.40. The third-order valence-corrected chi connectivity index (χ3v) is 3.74. The molecule has 0 radical (unpaired) electrons. The van der Waals surface area contributed by atoms with E-state index in [0.717, 1.165) is 5.56 Å². The number of nitrogens with zero attached hydrogens (tertiary/aromatic N) is 3. The lowest BCUT2D eigenvalue weighted by Crippen LogP contribution is -2.18. The molecule has 10 heteroatoms. The van der Waals surface area contributed by atoms with Crippen LogP contribution in [0.15, 0.2) is 24.3 Å². The average molecular weight is 436 g/mol. The molecule has 0 fully saturated rings. The average Bonchev–Trinajstić information content (AvgIpc) is 2.45. The van der Waals surface area contributed by atoms with Crippen LogP contribution in [0.4, 0.5) is 0 Å². The molecule has 0 bridgehead atoms. The summed E-state index contributed by atoms with van der Waals surface area (Å²) in [5, 5.41) is 0. The van der Waals surface area contributed by atoms with Gasteiger partial charge in [-0.25, -0.2) is 15.0 Å². The lowest BCUT2D eigenvalue weighted by molar-refractivity contribution is 0.410. The maximum atomic E-state index is 5.84. The van der Waals surface area contributed by atoms with E-state index in [4.69, 9.17) is 74.3 Å². The fraction of sp³-hybridized carbons (Fsp3) is 0.308. The molecule has 2 rings (SSSR count). The van der Waals surface area contributed by atoms with Crippen LogP contribution in [0.25, 0.3) is 0 Å². The molecule has 4 nitrogen and oxygen atoms in total. The Balaban J connectivity index is 2.49. The first-order valence-corrected chi connectivity index (χ1v) is 8.39. The SMILES string of the molecule is COc1ccccc1Cc1nc(C(Cl)(Cl)Cl)nc(C(Cl)(Cl)Cl)n1. The number of hydrogen-bond donors (Lipinski definition) is 0. The summed E-state index contributed by atoms with van der Waals surface area (Å²) in [5.74, 6) is 0.707. The van der Waals surface area contributed by atoms with Crippen molar-refractivity contribution < 1.29 is 4.74 Å². The molecule has 1 aromatic carbocycles. The molecule has 0 saturated carbocycles. The minimum absolute atomic E-state index is 0.122. The van der Waals surface area contributed by atoms with E-state index in [1.807, 2.05) is 24.3 Å². The molecule has 0 aliphatic carbocycles. The number of benzene rings is 1. The summed E-state index contributed by atoms with van der Waals surface area (Å²) in [6.45, 7) is 0. The summed E-state index contributed by atoms with van der Waals surface area (Å²) in [6.07, 6.45) is 0.286. The summed E-state index contributed by atoms with van der Waals surface area (Å²) >= 11 is 35.0. The van der Waals surface area contributed by atoms with Gasteiger partial charge in [-0.3, -0.25) is 0 Å². The maximum Gasteiger partial charge on any atom is 0.250 e. The Hall–Kier alpha value is -0.230. The molecule has 124 valence electrons. The number of ether oxygens (including phenoxy) is 1. The Morgan fingerprint density at radius 3 is 1.87 bits per heavy atom. The first-order valence-electron chi connectivity index (χ1n) is 6.12. The van der Waals surface area contributed by atoms with Crippen molar-refractivity contribution in [3.05, 3.63) is 47.3 Å². The monoisotopic (exact) mass is 433 g/mol. The summed E-state index contributed by atoms with van der Waals surface area (Å²) in [5.41, 5.74) is 0.826. The second-order valence-electron chi connectivity index (χ2n) is 4.38. The first-order chi connectivity index (χ1) is 10.6. The molecule has 0 atom stereocenters. The Morgan fingerprint density at radius 2 is 1.39 bits per heavy atom.